The lowest BCUT2D eigenvalue weighted by molar-refractivity contribution is 0.135. The van der Waals surface area contributed by atoms with Gasteiger partial charge in [-0.05, 0) is 57.7 Å². The fraction of sp³-hybridized carbons (Fsp3) is 0.407. The summed E-state index contributed by atoms with van der Waals surface area (Å²) in [7, 11) is -3.88. The molecule has 39 heavy (non-hydrogen) atoms. The van der Waals surface area contributed by atoms with Gasteiger partial charge >= 0.3 is 0 Å². The van der Waals surface area contributed by atoms with E-state index in [0.717, 1.165) is 43.5 Å². The van der Waals surface area contributed by atoms with Crippen LogP contribution < -0.4 is 10.6 Å². The highest BCUT2D eigenvalue weighted by Crippen LogP contribution is 2.37. The van der Waals surface area contributed by atoms with Crippen LogP contribution in [-0.4, -0.2) is 62.1 Å². The molecule has 2 aliphatic heterocycles. The Hall–Kier alpha value is -3.95. The van der Waals surface area contributed by atoms with Gasteiger partial charge < -0.3 is 10.6 Å². The summed E-state index contributed by atoms with van der Waals surface area (Å²) in [6.07, 6.45) is 6.15. The summed E-state index contributed by atoms with van der Waals surface area (Å²) in [5.74, 6) is 1.42. The van der Waals surface area contributed by atoms with Crippen LogP contribution in [0.2, 0.25) is 0 Å². The summed E-state index contributed by atoms with van der Waals surface area (Å²) < 4.78 is 28.5. The fourth-order valence-electron chi connectivity index (χ4n) is 5.89. The number of H-pyrrole nitrogens is 1. The molecule has 2 bridgehead atoms. The van der Waals surface area contributed by atoms with Crippen LogP contribution in [-0.2, 0) is 10.0 Å². The van der Waals surface area contributed by atoms with Gasteiger partial charge in [0.25, 0.3) is 10.0 Å². The van der Waals surface area contributed by atoms with Gasteiger partial charge in [-0.2, -0.15) is 20.3 Å². The molecule has 0 spiro atoms. The smallest absolute Gasteiger partial charge is 0.269 e. The predicted molar refractivity (Wildman–Crippen MR) is 148 cm³/mol. The minimum atomic E-state index is -3.88. The first-order valence-electron chi connectivity index (χ1n) is 13.2. The molecule has 1 aromatic carbocycles. The Kier molecular flexibility index (Phi) is 6.48. The fourth-order valence-corrected chi connectivity index (χ4v) is 7.19. The van der Waals surface area contributed by atoms with E-state index in [4.69, 9.17) is 15.2 Å². The van der Waals surface area contributed by atoms with Gasteiger partial charge in [0.2, 0.25) is 5.95 Å². The van der Waals surface area contributed by atoms with Crippen LogP contribution in [0.4, 0.5) is 17.6 Å². The summed E-state index contributed by atoms with van der Waals surface area (Å²) in [5, 5.41) is 23.5. The largest absolute Gasteiger partial charge is 0.351 e. The Balaban J connectivity index is 1.36. The summed E-state index contributed by atoms with van der Waals surface area (Å²) in [5.41, 5.74) is 2.16. The van der Waals surface area contributed by atoms with Crippen LogP contribution >= 0.6 is 0 Å². The molecule has 3 aromatic heterocycles. The lowest BCUT2D eigenvalue weighted by Gasteiger charge is -2.38. The third kappa shape index (κ3) is 4.84. The van der Waals surface area contributed by atoms with E-state index >= 15 is 0 Å². The number of anilines is 3. The van der Waals surface area contributed by atoms with Crippen molar-refractivity contribution < 1.29 is 8.42 Å². The zero-order valence-corrected chi connectivity index (χ0v) is 22.7. The average Bonchev–Trinajstić information content (AvgIpc) is 3.59. The van der Waals surface area contributed by atoms with E-state index in [0.29, 0.717) is 41.5 Å². The van der Waals surface area contributed by atoms with E-state index in [9.17, 15) is 8.42 Å². The molecular formula is C27H31N9O2S. The highest BCUT2D eigenvalue weighted by atomic mass is 32.2. The maximum atomic E-state index is 13.6. The molecule has 6 rings (SSSR count). The molecule has 3 N–H and O–H groups in total. The number of aromatic amines is 1. The van der Waals surface area contributed by atoms with Gasteiger partial charge in [-0.25, -0.2) is 12.4 Å². The SMILES string of the molecule is Cc1ccc(S(=O)(=O)n2ccc3c(Nc4cc(C)[nH]n4)nc(NC4CC5CCC(C4)N5CCC#N)nc32)cc1. The molecule has 11 nitrogen and oxygen atoms in total. The third-order valence-corrected chi connectivity index (χ3v) is 9.42. The molecule has 2 fully saturated rings. The van der Waals surface area contributed by atoms with Gasteiger partial charge in [0.1, 0.15) is 5.82 Å². The van der Waals surface area contributed by atoms with Gasteiger partial charge in [-0.1, -0.05) is 17.7 Å². The summed E-state index contributed by atoms with van der Waals surface area (Å²) in [6, 6.07) is 13.6. The molecule has 0 amide bonds. The summed E-state index contributed by atoms with van der Waals surface area (Å²) in [6.45, 7) is 4.63. The van der Waals surface area contributed by atoms with Crippen LogP contribution in [0.5, 0.6) is 0 Å². The van der Waals surface area contributed by atoms with E-state index in [1.54, 1.807) is 30.3 Å². The second-order valence-corrected chi connectivity index (χ2v) is 12.3. The number of rotatable bonds is 8. The van der Waals surface area contributed by atoms with E-state index < -0.39 is 10.0 Å². The number of nitrogens with one attached hydrogen (secondary N) is 3. The number of nitriles is 1. The van der Waals surface area contributed by atoms with Crippen LogP contribution in [0, 0.1) is 25.2 Å². The Bertz CT molecular complexity index is 1640. The number of nitrogens with zero attached hydrogens (tertiary/aromatic N) is 6. The minimum Gasteiger partial charge on any atom is -0.351 e. The van der Waals surface area contributed by atoms with Crippen LogP contribution in [0.3, 0.4) is 0 Å². The maximum Gasteiger partial charge on any atom is 0.269 e. The third-order valence-electron chi connectivity index (χ3n) is 7.74. The normalized spacial score (nSPS) is 21.2. The second kappa shape index (κ2) is 9.98. The van der Waals surface area contributed by atoms with Crippen molar-refractivity contribution in [2.75, 3.05) is 17.2 Å². The molecule has 2 saturated heterocycles. The lowest BCUT2D eigenvalue weighted by atomic mass is 9.97. The van der Waals surface area contributed by atoms with Gasteiger partial charge in [0.15, 0.2) is 11.5 Å². The second-order valence-electron chi connectivity index (χ2n) is 10.5. The van der Waals surface area contributed by atoms with Crippen molar-refractivity contribution in [3.05, 3.63) is 53.9 Å². The molecule has 2 atom stereocenters. The quantitative estimate of drug-likeness (QED) is 0.298. The first-order valence-corrected chi connectivity index (χ1v) is 14.7. The highest BCUT2D eigenvalue weighted by molar-refractivity contribution is 7.90. The predicted octanol–water partition coefficient (Wildman–Crippen LogP) is 4.07. The van der Waals surface area contributed by atoms with Gasteiger partial charge in [-0.15, -0.1) is 0 Å². The molecule has 4 aromatic rings. The molecule has 0 aliphatic carbocycles. The molecular weight excluding hydrogens is 514 g/mol. The molecule has 0 saturated carbocycles. The molecule has 0 radical (unpaired) electrons. The Morgan fingerprint density at radius 2 is 1.85 bits per heavy atom. The van der Waals surface area contributed by atoms with Crippen LogP contribution in [0.25, 0.3) is 11.0 Å². The zero-order chi connectivity index (χ0) is 27.1. The molecule has 12 heteroatoms. The van der Waals surface area contributed by atoms with Crippen molar-refractivity contribution in [2.45, 2.75) is 69.0 Å². The van der Waals surface area contributed by atoms with Gasteiger partial charge in [0.05, 0.1) is 16.4 Å². The van der Waals surface area contributed by atoms with E-state index in [-0.39, 0.29) is 16.6 Å². The average molecular weight is 546 g/mol. The monoisotopic (exact) mass is 545 g/mol. The number of fused-ring (bicyclic) bond motifs is 3. The standard InChI is InChI=1S/C27H31N9O2S/c1-17-4-8-22(9-5-17)39(37,38)36-13-10-23-25(30-24-14-18(2)33-34-24)31-27(32-26(23)36)29-19-15-20-6-7-21(16-19)35(20)12-3-11-28/h4-5,8-10,13-14,19-21H,3,6-7,12,15-16H2,1-2H3,(H3,29,30,31,32,33,34). The first-order chi connectivity index (χ1) is 18.8. The van der Waals surface area contributed by atoms with Crippen LogP contribution in [0.15, 0.2) is 47.5 Å². The molecule has 202 valence electrons. The number of benzene rings is 1. The summed E-state index contributed by atoms with van der Waals surface area (Å²) in [4.78, 5) is 12.2. The van der Waals surface area contributed by atoms with Crippen molar-refractivity contribution in [3.63, 3.8) is 0 Å². The number of aryl methyl sites for hydroxylation is 2. The van der Waals surface area contributed by atoms with Crippen molar-refractivity contribution in [1.29, 1.82) is 5.26 Å². The van der Waals surface area contributed by atoms with Crippen molar-refractivity contribution in [2.24, 2.45) is 0 Å². The minimum absolute atomic E-state index is 0.149. The highest BCUT2D eigenvalue weighted by Gasteiger charge is 2.40. The number of piperidine rings is 1. The van der Waals surface area contributed by atoms with Crippen LogP contribution in [0.1, 0.15) is 43.4 Å². The Labute approximate surface area is 227 Å². The Morgan fingerprint density at radius 1 is 1.10 bits per heavy atom. The number of hydrogen-bond donors (Lipinski definition) is 3. The van der Waals surface area contributed by atoms with Gasteiger partial charge in [0, 0.05) is 49.0 Å². The van der Waals surface area contributed by atoms with E-state index in [2.05, 4.69) is 31.8 Å². The maximum absolute atomic E-state index is 13.6. The number of aromatic nitrogens is 5. The number of hydrogen-bond acceptors (Lipinski definition) is 9. The molecule has 2 unspecified atom stereocenters. The van der Waals surface area contributed by atoms with Crippen molar-refractivity contribution >= 4 is 38.6 Å². The van der Waals surface area contributed by atoms with Gasteiger partial charge in [-0.3, -0.25) is 10.00 Å². The lowest BCUT2D eigenvalue weighted by Crippen LogP contribution is -2.47. The first kappa shape index (κ1) is 25.3. The van der Waals surface area contributed by atoms with Crippen molar-refractivity contribution in [1.82, 2.24) is 29.0 Å². The van der Waals surface area contributed by atoms with E-state index in [1.165, 1.54) is 10.2 Å². The molecule has 5 heterocycles. The van der Waals surface area contributed by atoms with E-state index in [1.807, 2.05) is 19.9 Å². The zero-order valence-electron chi connectivity index (χ0n) is 21.9. The Morgan fingerprint density at radius 3 is 2.51 bits per heavy atom. The van der Waals surface area contributed by atoms with Crippen molar-refractivity contribution in [3.8, 4) is 6.07 Å². The topological polar surface area (TPSA) is 145 Å². The molecule has 2 aliphatic rings. The summed E-state index contributed by atoms with van der Waals surface area (Å²) >= 11 is 0.